The van der Waals surface area contributed by atoms with E-state index in [0.717, 1.165) is 0 Å². The van der Waals surface area contributed by atoms with Gasteiger partial charge in [0.05, 0.1) is 16.6 Å². The summed E-state index contributed by atoms with van der Waals surface area (Å²) in [4.78, 5) is 0. The Labute approximate surface area is 128 Å². The Morgan fingerprint density at radius 3 is 1.90 bits per heavy atom. The first kappa shape index (κ1) is 15.6. The Bertz CT molecular complexity index is 536. The first-order chi connectivity index (χ1) is 8.97. The third-order valence-electron chi connectivity index (χ3n) is 3.61. The van der Waals surface area contributed by atoms with Gasteiger partial charge < -0.3 is 0 Å². The molecule has 0 bridgehead atoms. The standard InChI is InChI=1S/C16H26ClN2Si/c1-15(2,3)18-14(13-11-9-8-10-12-13)19(16(4,5)6)20(18,7)17/h8-12H,1-7H3/q+1. The highest BCUT2D eigenvalue weighted by molar-refractivity contribution is 7.16. The van der Waals surface area contributed by atoms with Crippen LogP contribution in [0.4, 0.5) is 0 Å². The van der Waals surface area contributed by atoms with E-state index in [9.17, 15) is 0 Å². The second-order valence-corrected chi connectivity index (χ2v) is 12.5. The van der Waals surface area contributed by atoms with E-state index in [1.165, 1.54) is 11.4 Å². The minimum absolute atomic E-state index is 0.0373. The third-order valence-corrected chi connectivity index (χ3v) is 8.03. The minimum Gasteiger partial charge on any atom is -0.259 e. The van der Waals surface area contributed by atoms with Crippen LogP contribution < -0.4 is 0 Å². The molecule has 0 aromatic heterocycles. The molecule has 0 fully saturated rings. The molecular formula is C16H26ClN2Si+. The van der Waals surface area contributed by atoms with Gasteiger partial charge in [-0.3, -0.25) is 8.81 Å². The van der Waals surface area contributed by atoms with Gasteiger partial charge in [-0.15, -0.1) is 0 Å². The van der Waals surface area contributed by atoms with Gasteiger partial charge in [0.1, 0.15) is 0 Å². The Kier molecular flexibility index (Phi) is 3.59. The largest absolute Gasteiger partial charge is 0.578 e. The summed E-state index contributed by atoms with van der Waals surface area (Å²) < 4.78 is 4.89. The highest BCUT2D eigenvalue weighted by atomic mass is 35.6. The molecular weight excluding hydrogens is 284 g/mol. The molecule has 0 amide bonds. The van der Waals surface area contributed by atoms with Crippen molar-refractivity contribution in [2.45, 2.75) is 59.2 Å². The second-order valence-electron chi connectivity index (χ2n) is 7.61. The highest BCUT2D eigenvalue weighted by Crippen LogP contribution is 2.39. The first-order valence-corrected chi connectivity index (χ1v) is 10.6. The van der Waals surface area contributed by atoms with E-state index < -0.39 is 7.71 Å². The van der Waals surface area contributed by atoms with Crippen LogP contribution in [0.1, 0.15) is 47.1 Å². The van der Waals surface area contributed by atoms with Crippen LogP contribution in [0.5, 0.6) is 0 Å². The molecule has 2 nitrogen and oxygen atoms in total. The predicted molar refractivity (Wildman–Crippen MR) is 89.6 cm³/mol. The number of nitrogens with zero attached hydrogens (tertiary/aromatic N) is 2. The number of amidine groups is 1. The van der Waals surface area contributed by atoms with Crippen LogP contribution in [0.2, 0.25) is 6.55 Å². The van der Waals surface area contributed by atoms with Gasteiger partial charge in [-0.25, -0.2) is 0 Å². The van der Waals surface area contributed by atoms with Gasteiger partial charge in [0.15, 0.2) is 0 Å². The van der Waals surface area contributed by atoms with E-state index in [2.05, 4.69) is 87.2 Å². The van der Waals surface area contributed by atoms with Crippen LogP contribution in [0.15, 0.2) is 30.3 Å². The van der Waals surface area contributed by atoms with Crippen molar-refractivity contribution in [1.82, 2.24) is 4.57 Å². The quantitative estimate of drug-likeness (QED) is 0.557. The average molecular weight is 310 g/mol. The molecule has 1 heterocycles. The highest BCUT2D eigenvalue weighted by Gasteiger charge is 2.68. The summed E-state index contributed by atoms with van der Waals surface area (Å²) in [7, 11) is -2.12. The number of hydrogen-bond donors (Lipinski definition) is 0. The molecule has 1 aromatic carbocycles. The van der Waals surface area contributed by atoms with Gasteiger partial charge in [-0.1, -0.05) is 29.3 Å². The van der Waals surface area contributed by atoms with Crippen LogP contribution in [0.3, 0.4) is 0 Å². The maximum absolute atomic E-state index is 7.02. The predicted octanol–water partition coefficient (Wildman–Crippen LogP) is 4.17. The average Bonchev–Trinajstić information content (AvgIpc) is 2.23. The second kappa shape index (κ2) is 4.60. The lowest BCUT2D eigenvalue weighted by atomic mass is 10.1. The molecule has 0 radical (unpaired) electrons. The number of halogens is 1. The molecule has 0 saturated carbocycles. The maximum atomic E-state index is 7.02. The molecule has 1 unspecified atom stereocenters. The first-order valence-electron chi connectivity index (χ1n) is 7.19. The maximum Gasteiger partial charge on any atom is 0.578 e. The van der Waals surface area contributed by atoms with Crippen molar-refractivity contribution in [2.75, 3.05) is 0 Å². The summed E-state index contributed by atoms with van der Waals surface area (Å²) in [5, 5.41) is 0. The molecule has 20 heavy (non-hydrogen) atoms. The van der Waals surface area contributed by atoms with Crippen molar-refractivity contribution < 1.29 is 4.24 Å². The fraction of sp³-hybridized carbons (Fsp3) is 0.562. The van der Waals surface area contributed by atoms with E-state index in [-0.39, 0.29) is 11.1 Å². The van der Waals surface area contributed by atoms with Gasteiger partial charge in [-0.2, -0.15) is 0 Å². The zero-order chi connectivity index (χ0) is 15.3. The van der Waals surface area contributed by atoms with Crippen molar-refractivity contribution in [3.05, 3.63) is 35.9 Å². The smallest absolute Gasteiger partial charge is 0.259 e. The van der Waals surface area contributed by atoms with Crippen LogP contribution >= 0.6 is 11.1 Å². The van der Waals surface area contributed by atoms with E-state index >= 15 is 0 Å². The summed E-state index contributed by atoms with van der Waals surface area (Å²) in [5.41, 5.74) is 1.33. The van der Waals surface area contributed by atoms with E-state index in [1.807, 2.05) is 0 Å². The summed E-state index contributed by atoms with van der Waals surface area (Å²) in [6.45, 7) is 15.7. The van der Waals surface area contributed by atoms with Crippen molar-refractivity contribution >= 4 is 24.6 Å². The van der Waals surface area contributed by atoms with Crippen molar-refractivity contribution in [3.8, 4) is 0 Å². The van der Waals surface area contributed by atoms with Gasteiger partial charge >= 0.3 is 7.71 Å². The SMILES string of the molecule is CC(C)(C)N1C(c2ccccc2)=[N+](C(C)(C)C)[Si]1(C)Cl. The zero-order valence-electron chi connectivity index (χ0n) is 13.7. The Balaban J connectivity index is 2.67. The van der Waals surface area contributed by atoms with Gasteiger partial charge in [0.2, 0.25) is 0 Å². The van der Waals surface area contributed by atoms with Crippen molar-refractivity contribution in [3.63, 3.8) is 0 Å². The van der Waals surface area contributed by atoms with Gasteiger partial charge in [0, 0.05) is 6.55 Å². The fourth-order valence-electron chi connectivity index (χ4n) is 3.25. The molecule has 0 N–H and O–H groups in total. The molecule has 1 atom stereocenters. The van der Waals surface area contributed by atoms with Crippen LogP contribution in [-0.4, -0.2) is 33.4 Å². The monoisotopic (exact) mass is 309 g/mol. The molecule has 0 saturated heterocycles. The molecule has 1 aliphatic heterocycles. The lowest BCUT2D eigenvalue weighted by Gasteiger charge is -2.51. The minimum atomic E-state index is -2.12. The van der Waals surface area contributed by atoms with Crippen molar-refractivity contribution in [2.24, 2.45) is 0 Å². The van der Waals surface area contributed by atoms with Crippen LogP contribution in [0.25, 0.3) is 0 Å². The third kappa shape index (κ3) is 2.42. The molecule has 2 rings (SSSR count). The number of hydrogen-bond acceptors (Lipinski definition) is 1. The molecule has 110 valence electrons. The molecule has 0 aliphatic carbocycles. The molecule has 4 heteroatoms. The molecule has 1 aliphatic rings. The molecule has 1 aromatic rings. The topological polar surface area (TPSA) is 6.25 Å². The van der Waals surface area contributed by atoms with Crippen LogP contribution in [0, 0.1) is 0 Å². The Morgan fingerprint density at radius 2 is 1.50 bits per heavy atom. The number of benzene rings is 1. The Hall–Kier alpha value is -0.803. The van der Waals surface area contributed by atoms with E-state index in [0.29, 0.717) is 0 Å². The van der Waals surface area contributed by atoms with Crippen molar-refractivity contribution in [1.29, 1.82) is 0 Å². The fourth-order valence-corrected chi connectivity index (χ4v) is 8.99. The summed E-state index contributed by atoms with van der Waals surface area (Å²) >= 11 is 7.02. The van der Waals surface area contributed by atoms with E-state index in [4.69, 9.17) is 11.1 Å². The Morgan fingerprint density at radius 1 is 1.00 bits per heavy atom. The lowest BCUT2D eigenvalue weighted by molar-refractivity contribution is -0.512. The summed E-state index contributed by atoms with van der Waals surface area (Å²) in [5.74, 6) is 1.27. The number of rotatable bonds is 1. The normalized spacial score (nSPS) is 23.9. The molecule has 0 spiro atoms. The van der Waals surface area contributed by atoms with Gasteiger partial charge in [0.25, 0.3) is 5.84 Å². The lowest BCUT2D eigenvalue weighted by Crippen LogP contribution is -2.79. The van der Waals surface area contributed by atoms with E-state index in [1.54, 1.807) is 0 Å². The summed E-state index contributed by atoms with van der Waals surface area (Å²) in [6, 6.07) is 10.6. The van der Waals surface area contributed by atoms with Crippen LogP contribution in [-0.2, 0) is 0 Å². The zero-order valence-corrected chi connectivity index (χ0v) is 15.4. The van der Waals surface area contributed by atoms with Gasteiger partial charge in [-0.05, 0) is 53.7 Å². The summed E-state index contributed by atoms with van der Waals surface area (Å²) in [6.07, 6.45) is 0.